The van der Waals surface area contributed by atoms with Crippen LogP contribution in [0.5, 0.6) is 0 Å². The van der Waals surface area contributed by atoms with Crippen LogP contribution >= 0.6 is 23.2 Å². The van der Waals surface area contributed by atoms with Crippen molar-refractivity contribution in [2.75, 3.05) is 28.6 Å². The number of halogens is 2. The summed E-state index contributed by atoms with van der Waals surface area (Å²) in [6, 6.07) is 10.1. The number of carbonyl (C=O) groups excluding carboxylic acids is 2. The van der Waals surface area contributed by atoms with E-state index in [9.17, 15) is 9.59 Å². The molecular weight excluding hydrogens is 435 g/mol. The van der Waals surface area contributed by atoms with Crippen molar-refractivity contribution in [1.29, 1.82) is 0 Å². The first kappa shape index (κ1) is 21.8. The van der Waals surface area contributed by atoms with Gasteiger partial charge >= 0.3 is 6.03 Å². The summed E-state index contributed by atoms with van der Waals surface area (Å²) in [5.41, 5.74) is 2.49. The Bertz CT molecular complexity index is 986. The number of nitrogens with zero attached hydrogens (tertiary/aromatic N) is 1. The number of piperidine rings is 1. The summed E-state index contributed by atoms with van der Waals surface area (Å²) >= 11 is 12.0. The lowest BCUT2D eigenvalue weighted by molar-refractivity contribution is 0.0951. The monoisotopic (exact) mass is 460 g/mol. The zero-order valence-electron chi connectivity index (χ0n) is 17.4. The fraction of sp³-hybridized carbons (Fsp3) is 0.391. The van der Waals surface area contributed by atoms with E-state index in [1.54, 1.807) is 24.3 Å². The van der Waals surface area contributed by atoms with E-state index >= 15 is 0 Å². The van der Waals surface area contributed by atoms with Crippen LogP contribution in [-0.4, -0.2) is 31.1 Å². The Morgan fingerprint density at radius 3 is 2.39 bits per heavy atom. The summed E-state index contributed by atoms with van der Waals surface area (Å²) < 4.78 is 0. The predicted octanol–water partition coefficient (Wildman–Crippen LogP) is 5.77. The maximum Gasteiger partial charge on any atom is 0.323 e. The van der Waals surface area contributed by atoms with Crippen LogP contribution in [0.1, 0.15) is 43.0 Å². The van der Waals surface area contributed by atoms with Gasteiger partial charge in [0.1, 0.15) is 0 Å². The van der Waals surface area contributed by atoms with Gasteiger partial charge in [0.15, 0.2) is 0 Å². The van der Waals surface area contributed by atoms with E-state index in [0.29, 0.717) is 32.9 Å². The molecule has 6 nitrogen and oxygen atoms in total. The van der Waals surface area contributed by atoms with Gasteiger partial charge in [0.05, 0.1) is 16.3 Å². The third kappa shape index (κ3) is 5.63. The molecule has 2 aliphatic rings. The molecule has 0 atom stereocenters. The molecular formula is C23H26Cl2N4O2. The average molecular weight is 461 g/mol. The summed E-state index contributed by atoms with van der Waals surface area (Å²) in [7, 11) is 0. The molecule has 0 bridgehead atoms. The summed E-state index contributed by atoms with van der Waals surface area (Å²) in [5.74, 6) is 0.602. The lowest BCUT2D eigenvalue weighted by atomic mass is 9.98. The third-order valence-corrected chi connectivity index (χ3v) is 6.26. The number of anilines is 3. The van der Waals surface area contributed by atoms with Crippen LogP contribution in [-0.2, 0) is 0 Å². The highest BCUT2D eigenvalue weighted by atomic mass is 35.5. The molecule has 0 aromatic heterocycles. The van der Waals surface area contributed by atoms with Crippen molar-refractivity contribution in [2.24, 2.45) is 5.92 Å². The minimum Gasteiger partial charge on any atom is -0.371 e. The zero-order chi connectivity index (χ0) is 22.0. The fourth-order valence-corrected chi connectivity index (χ4v) is 4.14. The Balaban J connectivity index is 1.52. The number of amides is 3. The summed E-state index contributed by atoms with van der Waals surface area (Å²) in [4.78, 5) is 27.7. The molecule has 0 radical (unpaired) electrons. The van der Waals surface area contributed by atoms with Crippen LogP contribution in [0.2, 0.25) is 10.0 Å². The molecule has 2 fully saturated rings. The van der Waals surface area contributed by atoms with E-state index in [1.807, 2.05) is 12.1 Å². The highest BCUT2D eigenvalue weighted by Crippen LogP contribution is 2.30. The van der Waals surface area contributed by atoms with Gasteiger partial charge in [-0.05, 0) is 68.0 Å². The van der Waals surface area contributed by atoms with E-state index in [2.05, 4.69) is 27.8 Å². The number of nitrogens with one attached hydrogen (secondary N) is 3. The van der Waals surface area contributed by atoms with Gasteiger partial charge in [-0.25, -0.2) is 4.79 Å². The Labute approximate surface area is 192 Å². The second-order valence-electron chi connectivity index (χ2n) is 8.35. The third-order valence-electron chi connectivity index (χ3n) is 5.72. The summed E-state index contributed by atoms with van der Waals surface area (Å²) in [6.07, 6.45) is 4.25. The lowest BCUT2D eigenvalue weighted by Gasteiger charge is -2.33. The highest BCUT2D eigenvalue weighted by Gasteiger charge is 2.27. The van der Waals surface area contributed by atoms with Crippen molar-refractivity contribution < 1.29 is 9.59 Å². The normalized spacial score (nSPS) is 16.7. The van der Waals surface area contributed by atoms with Gasteiger partial charge in [-0.1, -0.05) is 30.1 Å². The molecule has 3 N–H and O–H groups in total. The molecule has 3 amide bonds. The zero-order valence-corrected chi connectivity index (χ0v) is 18.9. The average Bonchev–Trinajstić information content (AvgIpc) is 3.55. The number of hydrogen-bond donors (Lipinski definition) is 3. The van der Waals surface area contributed by atoms with Gasteiger partial charge in [-0.3, -0.25) is 4.79 Å². The summed E-state index contributed by atoms with van der Waals surface area (Å²) in [5, 5.41) is 9.41. The van der Waals surface area contributed by atoms with Crippen LogP contribution in [0, 0.1) is 5.92 Å². The van der Waals surface area contributed by atoms with E-state index < -0.39 is 6.03 Å². The van der Waals surface area contributed by atoms with Crippen molar-refractivity contribution in [1.82, 2.24) is 5.32 Å². The van der Waals surface area contributed by atoms with Crippen molar-refractivity contribution in [3.63, 3.8) is 0 Å². The Hall–Kier alpha value is -2.44. The quantitative estimate of drug-likeness (QED) is 0.530. The predicted molar refractivity (Wildman–Crippen MR) is 127 cm³/mol. The van der Waals surface area contributed by atoms with Crippen LogP contribution in [0.25, 0.3) is 0 Å². The second kappa shape index (κ2) is 9.37. The van der Waals surface area contributed by atoms with Gasteiger partial charge in [0.2, 0.25) is 0 Å². The first-order chi connectivity index (χ1) is 14.9. The Kier molecular flexibility index (Phi) is 6.58. The molecule has 1 aliphatic carbocycles. The van der Waals surface area contributed by atoms with Crippen molar-refractivity contribution >= 4 is 52.2 Å². The minimum absolute atomic E-state index is 0.0964. The van der Waals surface area contributed by atoms with Gasteiger partial charge in [0.25, 0.3) is 5.91 Å². The minimum atomic E-state index is -0.447. The lowest BCUT2D eigenvalue weighted by Crippen LogP contribution is -2.35. The van der Waals surface area contributed by atoms with Crippen LogP contribution in [0.4, 0.5) is 21.9 Å². The number of hydrogen-bond acceptors (Lipinski definition) is 3. The van der Waals surface area contributed by atoms with Gasteiger partial charge < -0.3 is 20.9 Å². The molecule has 1 aliphatic heterocycles. The largest absolute Gasteiger partial charge is 0.371 e. The van der Waals surface area contributed by atoms with E-state index in [1.165, 1.54) is 0 Å². The first-order valence-corrected chi connectivity index (χ1v) is 11.4. The van der Waals surface area contributed by atoms with Crippen molar-refractivity contribution in [3.05, 3.63) is 52.0 Å². The smallest absolute Gasteiger partial charge is 0.323 e. The van der Waals surface area contributed by atoms with Gasteiger partial charge in [-0.2, -0.15) is 0 Å². The van der Waals surface area contributed by atoms with Crippen molar-refractivity contribution in [3.8, 4) is 0 Å². The highest BCUT2D eigenvalue weighted by molar-refractivity contribution is 6.36. The second-order valence-corrected chi connectivity index (χ2v) is 9.20. The molecule has 1 saturated heterocycles. The molecule has 2 aromatic carbocycles. The Morgan fingerprint density at radius 2 is 1.71 bits per heavy atom. The maximum absolute atomic E-state index is 12.9. The SMILES string of the molecule is CC1CCN(c2ccc(NC(=O)Nc3ccc(Cl)cc3Cl)cc2C(=O)NC2CC2)CC1. The summed E-state index contributed by atoms with van der Waals surface area (Å²) in [6.45, 7) is 4.11. The molecule has 1 saturated carbocycles. The molecule has 0 unspecified atom stereocenters. The number of rotatable bonds is 5. The van der Waals surface area contributed by atoms with Crippen LogP contribution < -0.4 is 20.9 Å². The first-order valence-electron chi connectivity index (χ1n) is 10.6. The number of urea groups is 1. The molecule has 31 heavy (non-hydrogen) atoms. The molecule has 0 spiro atoms. The number of carbonyl (C=O) groups is 2. The fourth-order valence-electron chi connectivity index (χ4n) is 3.69. The molecule has 164 valence electrons. The van der Waals surface area contributed by atoms with E-state index in [4.69, 9.17) is 23.2 Å². The Morgan fingerprint density at radius 1 is 0.968 bits per heavy atom. The number of benzene rings is 2. The van der Waals surface area contributed by atoms with Gasteiger partial charge in [-0.15, -0.1) is 0 Å². The molecule has 1 heterocycles. The molecule has 2 aromatic rings. The molecule has 8 heteroatoms. The van der Waals surface area contributed by atoms with E-state index in [0.717, 1.165) is 44.5 Å². The maximum atomic E-state index is 12.9. The van der Waals surface area contributed by atoms with Gasteiger partial charge in [0, 0.05) is 35.5 Å². The van der Waals surface area contributed by atoms with Crippen LogP contribution in [0.15, 0.2) is 36.4 Å². The van der Waals surface area contributed by atoms with E-state index in [-0.39, 0.29) is 11.9 Å². The van der Waals surface area contributed by atoms with Crippen LogP contribution in [0.3, 0.4) is 0 Å². The topological polar surface area (TPSA) is 73.5 Å². The molecule has 4 rings (SSSR count). The van der Waals surface area contributed by atoms with Crippen molar-refractivity contribution in [2.45, 2.75) is 38.6 Å². The standard InChI is InChI=1S/C23H26Cl2N4O2/c1-14-8-10-29(11-9-14)21-7-5-17(13-18(21)22(30)26-16-3-4-16)27-23(31)28-20-6-2-15(24)12-19(20)25/h2,5-7,12-14,16H,3-4,8-11H2,1H3,(H,26,30)(H2,27,28,31).